The van der Waals surface area contributed by atoms with Gasteiger partial charge in [-0.25, -0.2) is 0 Å². The normalized spacial score (nSPS) is 12.4. The van der Waals surface area contributed by atoms with Crippen LogP contribution in [0.4, 0.5) is 13.2 Å². The zero-order valence-corrected chi connectivity index (χ0v) is 15.8. The molecule has 2 aromatic heterocycles. The molecule has 3 aromatic rings. The molecule has 1 atom stereocenters. The number of ether oxygens (including phenoxy) is 2. The van der Waals surface area contributed by atoms with Crippen LogP contribution in [0.1, 0.15) is 34.7 Å². The predicted octanol–water partition coefficient (Wildman–Crippen LogP) is 3.28. The van der Waals surface area contributed by atoms with Gasteiger partial charge < -0.3 is 14.6 Å². The van der Waals surface area contributed by atoms with E-state index in [9.17, 15) is 22.8 Å². The molecule has 3 rings (SSSR count). The average Bonchev–Trinajstić information content (AvgIpc) is 3.07. The lowest BCUT2D eigenvalue weighted by Gasteiger charge is -2.16. The molecule has 0 saturated carbocycles. The van der Waals surface area contributed by atoms with Gasteiger partial charge in [-0.3, -0.25) is 19.7 Å². The Morgan fingerprint density at radius 2 is 1.77 bits per heavy atom. The van der Waals surface area contributed by atoms with Crippen molar-refractivity contribution in [2.24, 2.45) is 0 Å². The lowest BCUT2D eigenvalue weighted by Crippen LogP contribution is -2.18. The van der Waals surface area contributed by atoms with Crippen molar-refractivity contribution in [3.63, 3.8) is 0 Å². The number of carbonyl (C=O) groups is 1. The van der Waals surface area contributed by atoms with Crippen molar-refractivity contribution in [3.8, 4) is 5.75 Å². The first-order chi connectivity index (χ1) is 14.3. The van der Waals surface area contributed by atoms with E-state index in [1.54, 1.807) is 24.5 Å². The van der Waals surface area contributed by atoms with Crippen molar-refractivity contribution >= 4 is 5.97 Å². The number of aromatic nitrogens is 3. The van der Waals surface area contributed by atoms with Gasteiger partial charge in [-0.2, -0.15) is 0 Å². The Morgan fingerprint density at radius 1 is 1.10 bits per heavy atom. The number of nitrogens with zero attached hydrogens (tertiary/aromatic N) is 1. The largest absolute Gasteiger partial charge is 0.573 e. The minimum absolute atomic E-state index is 0.0627. The van der Waals surface area contributed by atoms with Crippen molar-refractivity contribution < 1.29 is 27.4 Å². The van der Waals surface area contributed by atoms with Gasteiger partial charge in [-0.05, 0) is 35.4 Å². The number of benzene rings is 1. The number of hydrogen-bond donors (Lipinski definition) is 2. The number of pyridine rings is 1. The summed E-state index contributed by atoms with van der Waals surface area (Å²) in [5, 5.41) is 5.32. The molecule has 0 bridgehead atoms. The van der Waals surface area contributed by atoms with Crippen LogP contribution >= 0.6 is 0 Å². The summed E-state index contributed by atoms with van der Waals surface area (Å²) in [7, 11) is 1.26. The van der Waals surface area contributed by atoms with Gasteiger partial charge in [0.15, 0.2) is 0 Å². The van der Waals surface area contributed by atoms with Crippen LogP contribution in [0.5, 0.6) is 5.75 Å². The molecule has 0 saturated heterocycles. The number of methoxy groups -OCH3 is 1. The molecule has 2 heterocycles. The monoisotopic (exact) mass is 421 g/mol. The third kappa shape index (κ3) is 5.28. The Morgan fingerprint density at radius 3 is 2.37 bits per heavy atom. The molecular formula is C20H18F3N3O4. The Labute approximate surface area is 168 Å². The summed E-state index contributed by atoms with van der Waals surface area (Å²) in [4.78, 5) is 28.4. The summed E-state index contributed by atoms with van der Waals surface area (Å²) in [6.45, 7) is 0. The fourth-order valence-electron chi connectivity index (χ4n) is 3.16. The lowest BCUT2D eigenvalue weighted by atomic mass is 9.88. The van der Waals surface area contributed by atoms with Crippen LogP contribution in [0.2, 0.25) is 0 Å². The minimum Gasteiger partial charge on any atom is -0.469 e. The van der Waals surface area contributed by atoms with Gasteiger partial charge in [0.1, 0.15) is 5.75 Å². The molecular weight excluding hydrogens is 403 g/mol. The average molecular weight is 421 g/mol. The highest BCUT2D eigenvalue weighted by Crippen LogP contribution is 2.29. The molecule has 7 nitrogen and oxygen atoms in total. The molecule has 1 unspecified atom stereocenters. The minimum atomic E-state index is -4.77. The van der Waals surface area contributed by atoms with E-state index in [1.165, 1.54) is 31.4 Å². The second kappa shape index (κ2) is 8.85. The maximum atomic E-state index is 12.5. The van der Waals surface area contributed by atoms with Crippen LogP contribution in [-0.4, -0.2) is 34.6 Å². The number of esters is 1. The smallest absolute Gasteiger partial charge is 0.469 e. The van der Waals surface area contributed by atoms with Crippen molar-refractivity contribution in [3.05, 3.63) is 81.5 Å². The summed E-state index contributed by atoms with van der Waals surface area (Å²) in [6.07, 6.45) is -1.50. The number of nitrogens with one attached hydrogen (secondary N) is 2. The number of hydrogen-bond acceptors (Lipinski definition) is 5. The maximum absolute atomic E-state index is 12.5. The summed E-state index contributed by atoms with van der Waals surface area (Å²) in [6, 6.07) is 8.74. The van der Waals surface area contributed by atoms with Gasteiger partial charge in [0, 0.05) is 36.0 Å². The van der Waals surface area contributed by atoms with E-state index in [1.807, 2.05) is 0 Å². The van der Waals surface area contributed by atoms with Gasteiger partial charge in [0.05, 0.1) is 13.5 Å². The number of aromatic amines is 2. The first-order valence-corrected chi connectivity index (χ1v) is 8.87. The molecule has 0 amide bonds. The van der Waals surface area contributed by atoms with Crippen LogP contribution in [0, 0.1) is 0 Å². The van der Waals surface area contributed by atoms with Gasteiger partial charge in [-0.15, -0.1) is 13.2 Å². The van der Waals surface area contributed by atoms with Crippen molar-refractivity contribution in [1.29, 1.82) is 0 Å². The summed E-state index contributed by atoms with van der Waals surface area (Å²) < 4.78 is 45.6. The second-order valence-electron chi connectivity index (χ2n) is 6.45. The van der Waals surface area contributed by atoms with Crippen LogP contribution in [0.3, 0.4) is 0 Å². The van der Waals surface area contributed by atoms with Crippen LogP contribution in [0.25, 0.3) is 0 Å². The number of alkyl halides is 3. The molecule has 0 aliphatic rings. The van der Waals surface area contributed by atoms with Crippen molar-refractivity contribution in [2.45, 2.75) is 25.1 Å². The van der Waals surface area contributed by atoms with E-state index in [0.717, 1.165) is 0 Å². The van der Waals surface area contributed by atoms with Gasteiger partial charge in [0.2, 0.25) is 0 Å². The quantitative estimate of drug-likeness (QED) is 0.571. The number of halogens is 3. The maximum Gasteiger partial charge on any atom is 0.573 e. The van der Waals surface area contributed by atoms with Crippen molar-refractivity contribution in [1.82, 2.24) is 15.2 Å². The van der Waals surface area contributed by atoms with Crippen LogP contribution in [0.15, 0.2) is 53.6 Å². The van der Waals surface area contributed by atoms with E-state index in [4.69, 9.17) is 4.74 Å². The molecule has 0 fully saturated rings. The van der Waals surface area contributed by atoms with Gasteiger partial charge in [0.25, 0.3) is 5.56 Å². The SMILES string of the molecule is COC(=O)CC(c1ccncc1)c1c(Cc2ccc(OC(F)(F)F)cc2)[nH][nH]c1=O. The summed E-state index contributed by atoms with van der Waals surface area (Å²) in [5.74, 6) is -1.41. The van der Waals surface area contributed by atoms with Crippen LogP contribution < -0.4 is 10.3 Å². The van der Waals surface area contributed by atoms with E-state index >= 15 is 0 Å². The summed E-state index contributed by atoms with van der Waals surface area (Å²) >= 11 is 0. The Bertz CT molecular complexity index is 1040. The molecule has 0 aliphatic carbocycles. The predicted molar refractivity (Wildman–Crippen MR) is 100 cm³/mol. The molecule has 1 aromatic carbocycles. The first kappa shape index (κ1) is 21.2. The van der Waals surface area contributed by atoms with Gasteiger partial charge in [-0.1, -0.05) is 12.1 Å². The highest BCUT2D eigenvalue weighted by atomic mass is 19.4. The van der Waals surface area contributed by atoms with E-state index in [0.29, 0.717) is 22.4 Å². The van der Waals surface area contributed by atoms with Gasteiger partial charge >= 0.3 is 12.3 Å². The standard InChI is InChI=1S/C20H18F3N3O4/c1-29-17(27)11-15(13-6-8-24-9-7-13)18-16(25-26-19(18)28)10-12-2-4-14(5-3-12)30-20(21,22)23/h2-9,15H,10-11H2,1H3,(H2,25,26,28). The number of rotatable bonds is 7. The molecule has 0 aliphatic heterocycles. The molecule has 0 radical (unpaired) electrons. The lowest BCUT2D eigenvalue weighted by molar-refractivity contribution is -0.274. The number of carbonyl (C=O) groups excluding carboxylic acids is 1. The number of H-pyrrole nitrogens is 2. The molecule has 158 valence electrons. The molecule has 10 heteroatoms. The third-order valence-electron chi connectivity index (χ3n) is 4.49. The Balaban J connectivity index is 1.91. The highest BCUT2D eigenvalue weighted by molar-refractivity contribution is 5.71. The van der Waals surface area contributed by atoms with E-state index in [2.05, 4.69) is 19.9 Å². The molecule has 30 heavy (non-hydrogen) atoms. The zero-order valence-electron chi connectivity index (χ0n) is 15.8. The molecule has 2 N–H and O–H groups in total. The Hall–Kier alpha value is -3.56. The van der Waals surface area contributed by atoms with E-state index < -0.39 is 23.8 Å². The first-order valence-electron chi connectivity index (χ1n) is 8.87. The third-order valence-corrected chi connectivity index (χ3v) is 4.49. The van der Waals surface area contributed by atoms with E-state index in [-0.39, 0.29) is 18.6 Å². The zero-order chi connectivity index (χ0) is 21.7. The highest BCUT2D eigenvalue weighted by Gasteiger charge is 2.31. The fraction of sp³-hybridized carbons (Fsp3) is 0.250. The molecule has 0 spiro atoms. The Kier molecular flexibility index (Phi) is 6.24. The fourth-order valence-corrected chi connectivity index (χ4v) is 3.16. The second-order valence-corrected chi connectivity index (χ2v) is 6.45. The van der Waals surface area contributed by atoms with Crippen LogP contribution in [-0.2, 0) is 16.0 Å². The van der Waals surface area contributed by atoms with Crippen molar-refractivity contribution in [2.75, 3.05) is 7.11 Å². The topological polar surface area (TPSA) is 97.1 Å². The summed E-state index contributed by atoms with van der Waals surface area (Å²) in [5.41, 5.74) is 1.81.